The van der Waals surface area contributed by atoms with Crippen LogP contribution in [-0.2, 0) is 9.47 Å². The van der Waals surface area contributed by atoms with E-state index in [1.165, 1.54) is 0 Å². The predicted octanol–water partition coefficient (Wildman–Crippen LogP) is 0.520. The quantitative estimate of drug-likeness (QED) is 0.619. The summed E-state index contributed by atoms with van der Waals surface area (Å²) in [6.45, 7) is 3.83. The van der Waals surface area contributed by atoms with E-state index in [0.29, 0.717) is 6.61 Å². The smallest absolute Gasteiger partial charge is 0.163 e. The molecule has 0 spiro atoms. The molecular formula is C7H14O3. The highest BCUT2D eigenvalue weighted by atomic mass is 16.7. The molecule has 2 atom stereocenters. The van der Waals surface area contributed by atoms with Crippen LogP contribution >= 0.6 is 0 Å². The third kappa shape index (κ3) is 1.94. The fourth-order valence-corrected chi connectivity index (χ4v) is 0.949. The summed E-state index contributed by atoms with van der Waals surface area (Å²) in [7, 11) is 0. The van der Waals surface area contributed by atoms with Crippen molar-refractivity contribution in [3.63, 3.8) is 0 Å². The van der Waals surface area contributed by atoms with Gasteiger partial charge in [0.2, 0.25) is 0 Å². The van der Waals surface area contributed by atoms with Gasteiger partial charge in [0.05, 0.1) is 12.7 Å². The Hall–Kier alpha value is -0.120. The van der Waals surface area contributed by atoms with Gasteiger partial charge in [-0.3, -0.25) is 0 Å². The number of hydrogen-bond acceptors (Lipinski definition) is 3. The van der Waals surface area contributed by atoms with Crippen molar-refractivity contribution in [1.82, 2.24) is 0 Å². The standard InChI is InChI=1S/C7H14O3/c1-7(2)9-5-6(10-7)3-4-8/h6,8H,3-5H2,1-2H3/t6-/m1/s1/i3D/t3-,6-. The molecule has 0 aromatic carbocycles. The molecule has 0 amide bonds. The van der Waals surface area contributed by atoms with Gasteiger partial charge in [-0.05, 0) is 20.2 Å². The molecule has 1 rings (SSSR count). The van der Waals surface area contributed by atoms with Gasteiger partial charge in [0.1, 0.15) is 0 Å². The summed E-state index contributed by atoms with van der Waals surface area (Å²) in [5.41, 5.74) is 0. The van der Waals surface area contributed by atoms with Crippen LogP contribution in [0.5, 0.6) is 0 Å². The average molecular weight is 147 g/mol. The minimum atomic E-state index is -0.586. The lowest BCUT2D eigenvalue weighted by atomic mass is 10.3. The van der Waals surface area contributed by atoms with E-state index in [2.05, 4.69) is 0 Å². The normalized spacial score (nSPS) is 35.5. The Morgan fingerprint density at radius 1 is 1.80 bits per heavy atom. The van der Waals surface area contributed by atoms with Crippen LogP contribution in [0.4, 0.5) is 0 Å². The zero-order valence-electron chi connectivity index (χ0n) is 7.33. The summed E-state index contributed by atoms with van der Waals surface area (Å²) in [5.74, 6) is -0.584. The van der Waals surface area contributed by atoms with Crippen molar-refractivity contribution in [1.29, 1.82) is 0 Å². The van der Waals surface area contributed by atoms with Crippen molar-refractivity contribution in [2.24, 2.45) is 0 Å². The number of hydrogen-bond donors (Lipinski definition) is 1. The zero-order valence-corrected chi connectivity index (χ0v) is 6.33. The molecule has 1 N–H and O–H groups in total. The molecule has 3 nitrogen and oxygen atoms in total. The Morgan fingerprint density at radius 3 is 2.90 bits per heavy atom. The maximum Gasteiger partial charge on any atom is 0.163 e. The topological polar surface area (TPSA) is 38.7 Å². The van der Waals surface area contributed by atoms with Crippen LogP contribution in [0, 0.1) is 0 Å². The lowest BCUT2D eigenvalue weighted by molar-refractivity contribution is -0.139. The molecule has 0 bridgehead atoms. The van der Waals surface area contributed by atoms with Crippen molar-refractivity contribution in [2.45, 2.75) is 32.1 Å². The summed E-state index contributed by atoms with van der Waals surface area (Å²) in [6, 6.07) is 0. The van der Waals surface area contributed by atoms with E-state index in [0.717, 1.165) is 0 Å². The Labute approximate surface area is 62.3 Å². The molecule has 0 aromatic rings. The van der Waals surface area contributed by atoms with Crippen LogP contribution < -0.4 is 0 Å². The van der Waals surface area contributed by atoms with Crippen LogP contribution in [0.1, 0.15) is 21.6 Å². The lowest BCUT2D eigenvalue weighted by Crippen LogP contribution is -2.21. The molecule has 0 aromatic heterocycles. The summed E-state index contributed by atoms with van der Waals surface area (Å²) >= 11 is 0. The molecule has 1 fully saturated rings. The number of rotatable bonds is 2. The Balaban J connectivity index is 2.41. The molecule has 0 saturated carbocycles. The Kier molecular flexibility index (Phi) is 1.88. The van der Waals surface area contributed by atoms with E-state index < -0.39 is 12.2 Å². The molecule has 1 aliphatic rings. The van der Waals surface area contributed by atoms with Crippen LogP contribution in [0.3, 0.4) is 0 Å². The second kappa shape index (κ2) is 2.86. The molecule has 1 heterocycles. The second-order valence-electron chi connectivity index (χ2n) is 2.79. The summed E-state index contributed by atoms with van der Waals surface area (Å²) in [6.07, 6.45) is -0.869. The maximum absolute atomic E-state index is 8.64. The first kappa shape index (κ1) is 6.58. The SMILES string of the molecule is [2H][C@H](CO)[C@@H]1COC(C)(C)O1. The molecular weight excluding hydrogens is 132 g/mol. The van der Waals surface area contributed by atoms with Crippen LogP contribution in [0.15, 0.2) is 0 Å². The van der Waals surface area contributed by atoms with E-state index in [1.54, 1.807) is 13.8 Å². The molecule has 1 aliphatic heterocycles. The first-order valence-electron chi connectivity index (χ1n) is 3.98. The van der Waals surface area contributed by atoms with E-state index in [9.17, 15) is 0 Å². The summed E-state index contributed by atoms with van der Waals surface area (Å²) in [4.78, 5) is 0. The molecule has 60 valence electrons. The van der Waals surface area contributed by atoms with E-state index >= 15 is 0 Å². The lowest BCUT2D eigenvalue weighted by Gasteiger charge is -2.16. The fourth-order valence-electron chi connectivity index (χ4n) is 0.949. The van der Waals surface area contributed by atoms with Gasteiger partial charge in [-0.25, -0.2) is 0 Å². The first-order valence-corrected chi connectivity index (χ1v) is 3.40. The summed E-state index contributed by atoms with van der Waals surface area (Å²) in [5, 5.41) is 8.64. The molecule has 1 saturated heterocycles. The second-order valence-corrected chi connectivity index (χ2v) is 2.79. The average Bonchev–Trinajstić information content (AvgIpc) is 2.29. The van der Waals surface area contributed by atoms with Crippen molar-refractivity contribution in [3.05, 3.63) is 0 Å². The monoisotopic (exact) mass is 147 g/mol. The van der Waals surface area contributed by atoms with Gasteiger partial charge in [0.25, 0.3) is 0 Å². The highest BCUT2D eigenvalue weighted by Crippen LogP contribution is 2.23. The van der Waals surface area contributed by atoms with E-state index in [-0.39, 0.29) is 12.7 Å². The molecule has 0 aliphatic carbocycles. The van der Waals surface area contributed by atoms with Gasteiger partial charge in [-0.15, -0.1) is 0 Å². The van der Waals surface area contributed by atoms with Crippen LogP contribution in [-0.4, -0.2) is 30.2 Å². The summed E-state index contributed by atoms with van der Waals surface area (Å²) < 4.78 is 17.9. The van der Waals surface area contributed by atoms with Crippen molar-refractivity contribution in [3.8, 4) is 0 Å². The number of ether oxygens (including phenoxy) is 2. The molecule has 10 heavy (non-hydrogen) atoms. The Morgan fingerprint density at radius 2 is 2.50 bits per heavy atom. The predicted molar refractivity (Wildman–Crippen MR) is 36.6 cm³/mol. The van der Waals surface area contributed by atoms with E-state index in [4.69, 9.17) is 16.0 Å². The minimum absolute atomic E-state index is 0.176. The highest BCUT2D eigenvalue weighted by Gasteiger charge is 2.31. The molecule has 3 heteroatoms. The van der Waals surface area contributed by atoms with Gasteiger partial charge in [-0.2, -0.15) is 0 Å². The zero-order chi connectivity index (χ0) is 8.48. The van der Waals surface area contributed by atoms with Gasteiger partial charge in [-0.1, -0.05) is 0 Å². The number of aliphatic hydroxyl groups is 1. The van der Waals surface area contributed by atoms with E-state index in [1.807, 2.05) is 0 Å². The minimum Gasteiger partial charge on any atom is -0.396 e. The van der Waals surface area contributed by atoms with Crippen LogP contribution in [0.25, 0.3) is 0 Å². The first-order chi connectivity index (χ1) is 5.05. The largest absolute Gasteiger partial charge is 0.396 e. The molecule has 0 radical (unpaired) electrons. The third-order valence-electron chi connectivity index (χ3n) is 1.40. The van der Waals surface area contributed by atoms with Crippen molar-refractivity contribution in [2.75, 3.05) is 13.2 Å². The van der Waals surface area contributed by atoms with Gasteiger partial charge in [0.15, 0.2) is 5.79 Å². The molecule has 0 unspecified atom stereocenters. The Bertz CT molecular complexity index is 138. The van der Waals surface area contributed by atoms with Crippen molar-refractivity contribution >= 4 is 0 Å². The maximum atomic E-state index is 8.64. The highest BCUT2D eigenvalue weighted by molar-refractivity contribution is 4.69. The van der Waals surface area contributed by atoms with Gasteiger partial charge >= 0.3 is 0 Å². The van der Waals surface area contributed by atoms with Crippen LogP contribution in [0.2, 0.25) is 0 Å². The van der Waals surface area contributed by atoms with Gasteiger partial charge in [0, 0.05) is 7.98 Å². The van der Waals surface area contributed by atoms with Gasteiger partial charge < -0.3 is 14.6 Å². The van der Waals surface area contributed by atoms with Crippen molar-refractivity contribution < 1.29 is 16.0 Å². The number of aliphatic hydroxyl groups excluding tert-OH is 1. The third-order valence-corrected chi connectivity index (χ3v) is 1.40. The fraction of sp³-hybridized carbons (Fsp3) is 1.00.